The van der Waals surface area contributed by atoms with Gasteiger partial charge in [0.15, 0.2) is 0 Å². The Bertz CT molecular complexity index is 190. The Morgan fingerprint density at radius 2 is 1.71 bits per heavy atom. The van der Waals surface area contributed by atoms with Crippen LogP contribution < -0.4 is 5.73 Å². The maximum atomic E-state index is 10.4. The summed E-state index contributed by atoms with van der Waals surface area (Å²) in [6.45, 7) is 1.60. The fourth-order valence-electron chi connectivity index (χ4n) is 0.414. The van der Waals surface area contributed by atoms with Crippen LogP contribution in [0.4, 0.5) is 0 Å². The molecule has 0 bridgehead atoms. The molecule has 5 nitrogen and oxygen atoms in total. The van der Waals surface area contributed by atoms with E-state index in [1.54, 1.807) is 6.92 Å². The Kier molecular flexibility index (Phi) is 6.77. The molecule has 0 aromatic carbocycles. The molecule has 0 radical (unpaired) electrons. The van der Waals surface area contributed by atoms with Crippen molar-refractivity contribution in [3.8, 4) is 0 Å². The fourth-order valence-corrected chi connectivity index (χ4v) is 2.87. The average Bonchev–Trinajstić information content (AvgIpc) is 2.11. The first-order valence-electron chi connectivity index (χ1n) is 3.90. The van der Waals surface area contributed by atoms with Gasteiger partial charge in [-0.1, -0.05) is 28.5 Å². The summed E-state index contributed by atoms with van der Waals surface area (Å²) < 4.78 is 0. The van der Waals surface area contributed by atoms with Crippen LogP contribution in [-0.4, -0.2) is 39.7 Å². The van der Waals surface area contributed by atoms with Gasteiger partial charge in [0.25, 0.3) is 0 Å². The molecule has 2 atom stereocenters. The van der Waals surface area contributed by atoms with E-state index < -0.39 is 23.9 Å². The summed E-state index contributed by atoms with van der Waals surface area (Å²) in [6, 6.07) is -0.882. The Hall–Kier alpha value is -0.400. The molecule has 0 saturated carbocycles. The van der Waals surface area contributed by atoms with E-state index in [0.29, 0.717) is 5.75 Å². The van der Waals surface area contributed by atoms with Crippen LogP contribution in [0, 0.1) is 5.92 Å². The van der Waals surface area contributed by atoms with Crippen molar-refractivity contribution in [2.45, 2.75) is 13.0 Å². The number of carboxylic acid groups (broad SMARTS) is 2. The molecule has 0 aliphatic heterocycles. The van der Waals surface area contributed by atoms with Crippen molar-refractivity contribution >= 4 is 33.5 Å². The van der Waals surface area contributed by atoms with E-state index in [-0.39, 0.29) is 5.75 Å². The van der Waals surface area contributed by atoms with Gasteiger partial charge in [-0.05, 0) is 0 Å². The van der Waals surface area contributed by atoms with E-state index in [1.807, 2.05) is 0 Å². The minimum atomic E-state index is -1.04. The van der Waals surface area contributed by atoms with Gasteiger partial charge >= 0.3 is 11.9 Å². The van der Waals surface area contributed by atoms with Crippen LogP contribution in [0.2, 0.25) is 0 Å². The van der Waals surface area contributed by atoms with Crippen molar-refractivity contribution in [2.75, 3.05) is 11.5 Å². The van der Waals surface area contributed by atoms with Gasteiger partial charge in [0.05, 0.1) is 5.92 Å². The molecule has 0 heterocycles. The molecule has 14 heavy (non-hydrogen) atoms. The molecule has 0 spiro atoms. The zero-order valence-electron chi connectivity index (χ0n) is 7.67. The van der Waals surface area contributed by atoms with Crippen molar-refractivity contribution in [3.63, 3.8) is 0 Å². The third kappa shape index (κ3) is 6.11. The lowest BCUT2D eigenvalue weighted by atomic mass is 10.2. The minimum absolute atomic E-state index is 0.284. The summed E-state index contributed by atoms with van der Waals surface area (Å²) in [5, 5.41) is 17.0. The fraction of sp³-hybridized carbons (Fsp3) is 0.714. The summed E-state index contributed by atoms with van der Waals surface area (Å²) in [4.78, 5) is 20.7. The molecule has 0 aliphatic rings. The molecular weight excluding hydrogens is 226 g/mol. The molecule has 0 fully saturated rings. The van der Waals surface area contributed by atoms with Gasteiger partial charge in [0.2, 0.25) is 0 Å². The third-order valence-corrected chi connectivity index (χ3v) is 4.00. The number of hydrogen-bond acceptors (Lipinski definition) is 5. The molecule has 0 aromatic rings. The first-order valence-corrected chi connectivity index (χ1v) is 6.39. The summed E-state index contributed by atoms with van der Waals surface area (Å²) in [5.74, 6) is -1.57. The number of carboxylic acids is 2. The largest absolute Gasteiger partial charge is 0.481 e. The lowest BCUT2D eigenvalue weighted by Crippen LogP contribution is -2.32. The van der Waals surface area contributed by atoms with Crippen LogP contribution in [0.25, 0.3) is 0 Å². The van der Waals surface area contributed by atoms with Crippen molar-refractivity contribution in [3.05, 3.63) is 0 Å². The van der Waals surface area contributed by atoms with E-state index in [2.05, 4.69) is 0 Å². The maximum absolute atomic E-state index is 10.4. The molecule has 1 unspecified atom stereocenters. The standard InChI is InChI=1S/C7H13NO4S2/c1-4(6(9)10)2-13-14-3-5(8)7(11)12/h4-5H,2-3,8H2,1H3,(H,9,10)(H,11,12)/t4?,5-/m0/s1. The maximum Gasteiger partial charge on any atom is 0.321 e. The van der Waals surface area contributed by atoms with E-state index in [9.17, 15) is 9.59 Å². The van der Waals surface area contributed by atoms with Crippen LogP contribution in [0.1, 0.15) is 6.92 Å². The molecule has 7 heteroatoms. The summed E-state index contributed by atoms with van der Waals surface area (Å²) in [6.07, 6.45) is 0. The Labute approximate surface area is 89.8 Å². The molecule has 0 aromatic heterocycles. The smallest absolute Gasteiger partial charge is 0.321 e. The van der Waals surface area contributed by atoms with Crippen molar-refractivity contribution in [2.24, 2.45) is 11.7 Å². The molecular formula is C7H13NO4S2. The highest BCUT2D eigenvalue weighted by atomic mass is 33.1. The predicted octanol–water partition coefficient (Wildman–Crippen LogP) is 0.500. The number of hydrogen-bond donors (Lipinski definition) is 3. The Morgan fingerprint density at radius 3 is 2.14 bits per heavy atom. The molecule has 0 aliphatic carbocycles. The monoisotopic (exact) mass is 239 g/mol. The topological polar surface area (TPSA) is 101 Å². The third-order valence-electron chi connectivity index (χ3n) is 1.39. The quantitative estimate of drug-likeness (QED) is 0.439. The second-order valence-electron chi connectivity index (χ2n) is 2.75. The predicted molar refractivity (Wildman–Crippen MR) is 57.3 cm³/mol. The SMILES string of the molecule is CC(CSSC[C@H](N)C(=O)O)C(=O)O. The van der Waals surface area contributed by atoms with Gasteiger partial charge in [-0.3, -0.25) is 9.59 Å². The van der Waals surface area contributed by atoms with Gasteiger partial charge in [-0.2, -0.15) is 0 Å². The van der Waals surface area contributed by atoms with Gasteiger partial charge in [-0.15, -0.1) is 0 Å². The van der Waals surface area contributed by atoms with Crippen LogP contribution in [0.15, 0.2) is 0 Å². The van der Waals surface area contributed by atoms with Gasteiger partial charge in [0.1, 0.15) is 6.04 Å². The first-order chi connectivity index (χ1) is 6.45. The van der Waals surface area contributed by atoms with Crippen LogP contribution in [0.5, 0.6) is 0 Å². The second-order valence-corrected chi connectivity index (χ2v) is 5.31. The van der Waals surface area contributed by atoms with Crippen molar-refractivity contribution in [1.29, 1.82) is 0 Å². The van der Waals surface area contributed by atoms with E-state index in [0.717, 1.165) is 0 Å². The molecule has 82 valence electrons. The van der Waals surface area contributed by atoms with Crippen molar-refractivity contribution < 1.29 is 19.8 Å². The Balaban J connectivity index is 3.47. The highest BCUT2D eigenvalue weighted by Crippen LogP contribution is 2.24. The van der Waals surface area contributed by atoms with E-state index >= 15 is 0 Å². The van der Waals surface area contributed by atoms with Crippen LogP contribution >= 0.6 is 21.6 Å². The highest BCUT2D eigenvalue weighted by Gasteiger charge is 2.13. The normalized spacial score (nSPS) is 14.7. The van der Waals surface area contributed by atoms with Gasteiger partial charge < -0.3 is 15.9 Å². The minimum Gasteiger partial charge on any atom is -0.481 e. The van der Waals surface area contributed by atoms with Gasteiger partial charge in [0, 0.05) is 11.5 Å². The van der Waals surface area contributed by atoms with Crippen LogP contribution in [-0.2, 0) is 9.59 Å². The second kappa shape index (κ2) is 6.97. The number of aliphatic carboxylic acids is 2. The molecule has 0 rings (SSSR count). The Morgan fingerprint density at radius 1 is 1.21 bits per heavy atom. The lowest BCUT2D eigenvalue weighted by molar-refractivity contribution is -0.140. The first kappa shape index (κ1) is 13.6. The number of nitrogens with two attached hydrogens (primary N) is 1. The zero-order valence-corrected chi connectivity index (χ0v) is 9.31. The van der Waals surface area contributed by atoms with Crippen molar-refractivity contribution in [1.82, 2.24) is 0 Å². The highest BCUT2D eigenvalue weighted by molar-refractivity contribution is 8.76. The number of carbonyl (C=O) groups is 2. The van der Waals surface area contributed by atoms with E-state index in [1.165, 1.54) is 21.6 Å². The summed E-state index contributed by atoms with van der Waals surface area (Å²) >= 11 is 0. The molecule has 4 N–H and O–H groups in total. The number of rotatable bonds is 7. The zero-order chi connectivity index (χ0) is 11.1. The van der Waals surface area contributed by atoms with E-state index in [4.69, 9.17) is 15.9 Å². The molecule has 0 saturated heterocycles. The van der Waals surface area contributed by atoms with Crippen LogP contribution in [0.3, 0.4) is 0 Å². The summed E-state index contributed by atoms with van der Waals surface area (Å²) in [5.41, 5.74) is 5.24. The molecule has 0 amide bonds. The lowest BCUT2D eigenvalue weighted by Gasteiger charge is -2.06. The average molecular weight is 239 g/mol. The summed E-state index contributed by atoms with van der Waals surface area (Å²) in [7, 11) is 2.61. The van der Waals surface area contributed by atoms with Gasteiger partial charge in [-0.25, -0.2) is 0 Å².